The smallest absolute Gasteiger partial charge is 0.221 e. The molecule has 55 heavy (non-hydrogen) atoms. The molecule has 0 unspecified atom stereocenters. The van der Waals surface area contributed by atoms with Crippen molar-refractivity contribution < 1.29 is 4.79 Å². The van der Waals surface area contributed by atoms with Crippen LogP contribution >= 0.6 is 23.2 Å². The van der Waals surface area contributed by atoms with Gasteiger partial charge >= 0.3 is 0 Å². The number of carbonyl (C=O) groups excluding carboxylic acids is 1. The molecule has 8 aromatic rings. The van der Waals surface area contributed by atoms with Crippen LogP contribution in [0.4, 0.5) is 57.4 Å². The molecule has 0 spiro atoms. The van der Waals surface area contributed by atoms with E-state index in [-0.39, 0.29) is 5.91 Å². The minimum absolute atomic E-state index is 0.117. The standard InChI is InChI=1S/C19H16ClN7O.C19H18ClN7/c1-11(28)23-13-5-7-14(8-6-13)24-19-16-17(21-10-22-18(16)26-27-19)25-15-4-2-3-12(20)9-15;1-27(2)15-8-6-13(7-9-15)23-19-16-17(21-11-22-18(16)25-26-19)24-14-5-3-4-12(20)10-14/h2-10H,1H3,(H,23,28)(H3,21,22,24,25,26,27);3-11H,1-2H3,(H3,21,22,23,24,25,26). The number of halogens is 2. The zero-order chi connectivity index (χ0) is 38.3. The first-order valence-electron chi connectivity index (χ1n) is 16.8. The second-order valence-electron chi connectivity index (χ2n) is 12.3. The van der Waals surface area contributed by atoms with Gasteiger partial charge in [-0.15, -0.1) is 0 Å². The molecule has 0 saturated heterocycles. The number of H-pyrrole nitrogens is 2. The Labute approximate surface area is 324 Å². The van der Waals surface area contributed by atoms with E-state index in [9.17, 15) is 4.79 Å². The number of benzene rings is 4. The predicted octanol–water partition coefficient (Wildman–Crippen LogP) is 9.01. The molecule has 0 fully saturated rings. The highest BCUT2D eigenvalue weighted by Gasteiger charge is 2.15. The molecule has 17 heteroatoms. The summed E-state index contributed by atoms with van der Waals surface area (Å²) in [5.74, 6) is 2.48. The lowest BCUT2D eigenvalue weighted by molar-refractivity contribution is -0.114. The Morgan fingerprint density at radius 2 is 1.04 bits per heavy atom. The number of aromatic amines is 2. The molecule has 0 aliphatic carbocycles. The fraction of sp³-hybridized carbons (Fsp3) is 0.0789. The first-order chi connectivity index (χ1) is 26.7. The molecule has 4 aromatic heterocycles. The second kappa shape index (κ2) is 16.4. The number of rotatable bonds is 10. The predicted molar refractivity (Wildman–Crippen MR) is 221 cm³/mol. The molecule has 1 amide bonds. The highest BCUT2D eigenvalue weighted by Crippen LogP contribution is 2.32. The van der Waals surface area contributed by atoms with Gasteiger partial charge < -0.3 is 31.5 Å². The van der Waals surface area contributed by atoms with Gasteiger partial charge in [-0.25, -0.2) is 19.9 Å². The highest BCUT2D eigenvalue weighted by molar-refractivity contribution is 6.31. The normalized spacial score (nSPS) is 10.7. The Morgan fingerprint density at radius 1 is 0.582 bits per heavy atom. The second-order valence-corrected chi connectivity index (χ2v) is 13.1. The van der Waals surface area contributed by atoms with Crippen LogP contribution in [0.2, 0.25) is 10.0 Å². The van der Waals surface area contributed by atoms with Gasteiger partial charge in [0.25, 0.3) is 0 Å². The van der Waals surface area contributed by atoms with Crippen molar-refractivity contribution in [3.8, 4) is 0 Å². The van der Waals surface area contributed by atoms with Crippen molar-refractivity contribution in [2.75, 3.05) is 45.6 Å². The van der Waals surface area contributed by atoms with Gasteiger partial charge in [0, 0.05) is 65.2 Å². The third kappa shape index (κ3) is 8.98. The lowest BCUT2D eigenvalue weighted by Crippen LogP contribution is -2.08. The molecule has 0 aliphatic rings. The number of fused-ring (bicyclic) bond motifs is 2. The molecule has 0 aliphatic heterocycles. The number of amides is 1. The van der Waals surface area contributed by atoms with Gasteiger partial charge in [-0.1, -0.05) is 35.3 Å². The van der Waals surface area contributed by atoms with Crippen LogP contribution in [-0.2, 0) is 4.79 Å². The zero-order valence-corrected chi connectivity index (χ0v) is 31.2. The van der Waals surface area contributed by atoms with Gasteiger partial charge in [0.1, 0.15) is 46.7 Å². The molecule has 0 radical (unpaired) electrons. The molecule has 276 valence electrons. The van der Waals surface area contributed by atoms with Crippen LogP contribution in [0.15, 0.2) is 110 Å². The van der Waals surface area contributed by atoms with E-state index in [0.717, 1.165) is 39.5 Å². The van der Waals surface area contributed by atoms with Crippen LogP contribution in [-0.4, -0.2) is 60.3 Å². The summed E-state index contributed by atoms with van der Waals surface area (Å²) in [5.41, 5.74) is 6.34. The van der Waals surface area contributed by atoms with Crippen molar-refractivity contribution in [2.45, 2.75) is 6.92 Å². The summed E-state index contributed by atoms with van der Waals surface area (Å²) in [4.78, 5) is 30.3. The van der Waals surface area contributed by atoms with Gasteiger partial charge in [-0.3, -0.25) is 15.0 Å². The van der Waals surface area contributed by atoms with Gasteiger partial charge in [0.15, 0.2) is 11.3 Å². The summed E-state index contributed by atoms with van der Waals surface area (Å²) < 4.78 is 0. The van der Waals surface area contributed by atoms with Gasteiger partial charge in [-0.2, -0.15) is 10.2 Å². The van der Waals surface area contributed by atoms with Gasteiger partial charge in [0.05, 0.1) is 0 Å². The Hall–Kier alpha value is -6.97. The lowest BCUT2D eigenvalue weighted by atomic mass is 10.2. The summed E-state index contributed by atoms with van der Waals surface area (Å²) in [6.45, 7) is 1.47. The average molecular weight is 774 g/mol. The monoisotopic (exact) mass is 772 g/mol. The summed E-state index contributed by atoms with van der Waals surface area (Å²) in [6, 6.07) is 30.3. The van der Waals surface area contributed by atoms with Crippen molar-refractivity contribution in [1.82, 2.24) is 40.3 Å². The van der Waals surface area contributed by atoms with Crippen LogP contribution in [0.25, 0.3) is 22.1 Å². The van der Waals surface area contributed by atoms with E-state index in [2.05, 4.69) is 71.8 Å². The quantitative estimate of drug-likeness (QED) is 0.0700. The van der Waals surface area contributed by atoms with Crippen molar-refractivity contribution in [3.05, 3.63) is 120 Å². The Kier molecular flexibility index (Phi) is 10.8. The Balaban J connectivity index is 0.000000169. The van der Waals surface area contributed by atoms with Crippen LogP contribution in [0, 0.1) is 0 Å². The van der Waals surface area contributed by atoms with Gasteiger partial charge in [-0.05, 0) is 84.9 Å². The van der Waals surface area contributed by atoms with Crippen molar-refractivity contribution >= 4 is 109 Å². The first kappa shape index (κ1) is 36.4. The maximum Gasteiger partial charge on any atom is 0.221 e. The molecular weight excluding hydrogens is 739 g/mol. The summed E-state index contributed by atoms with van der Waals surface area (Å²) in [7, 11) is 4.02. The number of hydrogen-bond acceptors (Lipinski definition) is 12. The fourth-order valence-electron chi connectivity index (χ4n) is 5.46. The maximum atomic E-state index is 11.1. The first-order valence-corrected chi connectivity index (χ1v) is 17.6. The maximum absolute atomic E-state index is 11.1. The van der Waals surface area contributed by atoms with Crippen molar-refractivity contribution in [1.29, 1.82) is 0 Å². The van der Waals surface area contributed by atoms with Crippen molar-refractivity contribution in [3.63, 3.8) is 0 Å². The third-order valence-corrected chi connectivity index (χ3v) is 8.47. The van der Waals surface area contributed by atoms with E-state index in [0.29, 0.717) is 50.0 Å². The minimum Gasteiger partial charge on any atom is -0.378 e. The Bertz CT molecular complexity index is 2570. The SMILES string of the molecule is CC(=O)Nc1ccc(Nc2[nH]nc3ncnc(Nc4cccc(Cl)c4)c23)cc1.CN(C)c1ccc(Nc2[nH]nc3ncnc(Nc4cccc(Cl)c4)c23)cc1. The van der Waals surface area contributed by atoms with Crippen LogP contribution < -0.4 is 31.5 Å². The van der Waals surface area contributed by atoms with E-state index < -0.39 is 0 Å². The number of hydrogen-bond donors (Lipinski definition) is 7. The number of carbonyl (C=O) groups is 1. The fourth-order valence-corrected chi connectivity index (χ4v) is 5.84. The minimum atomic E-state index is -0.117. The largest absolute Gasteiger partial charge is 0.378 e. The van der Waals surface area contributed by atoms with Crippen LogP contribution in [0.3, 0.4) is 0 Å². The zero-order valence-electron chi connectivity index (χ0n) is 29.7. The van der Waals surface area contributed by atoms with Crippen molar-refractivity contribution in [2.24, 2.45) is 0 Å². The Morgan fingerprint density at radius 3 is 1.47 bits per heavy atom. The molecule has 0 bridgehead atoms. The number of aromatic nitrogens is 8. The number of anilines is 10. The third-order valence-electron chi connectivity index (χ3n) is 8.00. The van der Waals surface area contributed by atoms with Crippen LogP contribution in [0.5, 0.6) is 0 Å². The molecule has 4 heterocycles. The lowest BCUT2D eigenvalue weighted by Gasteiger charge is -2.13. The van der Waals surface area contributed by atoms with E-state index >= 15 is 0 Å². The summed E-state index contributed by atoms with van der Waals surface area (Å²) in [5, 5.41) is 33.1. The average Bonchev–Trinajstić information content (AvgIpc) is 3.78. The molecule has 7 N–H and O–H groups in total. The molecular formula is C38H34Cl2N14O. The summed E-state index contributed by atoms with van der Waals surface area (Å²) >= 11 is 12.1. The number of nitrogens with one attached hydrogen (secondary N) is 7. The molecule has 0 atom stereocenters. The van der Waals surface area contributed by atoms with Crippen LogP contribution in [0.1, 0.15) is 6.92 Å². The number of nitrogens with zero attached hydrogens (tertiary/aromatic N) is 7. The van der Waals surface area contributed by atoms with E-state index in [1.54, 1.807) is 6.07 Å². The summed E-state index contributed by atoms with van der Waals surface area (Å²) in [6.07, 6.45) is 2.92. The molecule has 4 aromatic carbocycles. The van der Waals surface area contributed by atoms with E-state index in [4.69, 9.17) is 23.2 Å². The topological polar surface area (TPSA) is 189 Å². The van der Waals surface area contributed by atoms with E-state index in [1.807, 2.05) is 105 Å². The molecule has 15 nitrogen and oxygen atoms in total. The highest BCUT2D eigenvalue weighted by atomic mass is 35.5. The van der Waals surface area contributed by atoms with E-state index in [1.165, 1.54) is 19.6 Å². The molecule has 0 saturated carbocycles. The molecule has 8 rings (SSSR count). The van der Waals surface area contributed by atoms with Gasteiger partial charge in [0.2, 0.25) is 5.91 Å².